The Labute approximate surface area is 241 Å². The number of carboxylic acid groups (broad SMARTS) is 2. The van der Waals surface area contributed by atoms with Gasteiger partial charge < -0.3 is 48.3 Å². The number of hydrogen-bond donors (Lipinski definition) is 9. The molecule has 12 N–H and O–H groups in total. The summed E-state index contributed by atoms with van der Waals surface area (Å²) in [4.78, 5) is 72.8. The summed E-state index contributed by atoms with van der Waals surface area (Å²) in [5.74, 6) is -4.94. The third-order valence-corrected chi connectivity index (χ3v) is 6.09. The number of carboxylic acids is 2. The number of carbonyl (C=O) groups excluding carboxylic acids is 3. The number of aromatic amines is 1. The van der Waals surface area contributed by atoms with Gasteiger partial charge in [0.2, 0.25) is 17.7 Å². The average molecular weight is 588 g/mol. The maximum absolute atomic E-state index is 13.5. The van der Waals surface area contributed by atoms with Crippen molar-refractivity contribution in [2.45, 2.75) is 62.7 Å². The summed E-state index contributed by atoms with van der Waals surface area (Å²) >= 11 is 0. The number of nitrogens with one attached hydrogen (secondary N) is 4. The van der Waals surface area contributed by atoms with Gasteiger partial charge in [-0.1, -0.05) is 30.3 Å². The van der Waals surface area contributed by atoms with E-state index in [1.165, 1.54) is 12.5 Å². The van der Waals surface area contributed by atoms with Crippen molar-refractivity contribution in [2.24, 2.45) is 22.2 Å². The summed E-state index contributed by atoms with van der Waals surface area (Å²) in [6.45, 7) is 0.265. The summed E-state index contributed by atoms with van der Waals surface area (Å²) in [5, 5.41) is 25.9. The van der Waals surface area contributed by atoms with Crippen LogP contribution in [0.4, 0.5) is 0 Å². The molecule has 0 saturated heterocycles. The number of benzene rings is 1. The third kappa shape index (κ3) is 12.0. The highest BCUT2D eigenvalue weighted by molar-refractivity contribution is 5.94. The number of imidazole rings is 1. The Morgan fingerprint density at radius 2 is 1.50 bits per heavy atom. The van der Waals surface area contributed by atoms with Crippen molar-refractivity contribution in [2.75, 3.05) is 6.54 Å². The van der Waals surface area contributed by atoms with Crippen LogP contribution in [0.15, 0.2) is 47.8 Å². The predicted molar refractivity (Wildman–Crippen MR) is 151 cm³/mol. The molecule has 2 aromatic rings. The third-order valence-electron chi connectivity index (χ3n) is 6.09. The van der Waals surface area contributed by atoms with E-state index in [-0.39, 0.29) is 38.2 Å². The zero-order valence-electron chi connectivity index (χ0n) is 22.9. The van der Waals surface area contributed by atoms with E-state index in [9.17, 15) is 29.1 Å². The molecule has 16 heteroatoms. The van der Waals surface area contributed by atoms with Crippen molar-refractivity contribution < 1.29 is 34.2 Å². The Balaban J connectivity index is 2.22. The van der Waals surface area contributed by atoms with Crippen molar-refractivity contribution in [3.8, 4) is 0 Å². The average Bonchev–Trinajstić information content (AvgIpc) is 3.45. The molecule has 1 aromatic carbocycles. The van der Waals surface area contributed by atoms with Crippen LogP contribution in [-0.4, -0.2) is 86.5 Å². The molecule has 0 radical (unpaired) electrons. The molecule has 42 heavy (non-hydrogen) atoms. The van der Waals surface area contributed by atoms with E-state index < -0.39 is 60.2 Å². The lowest BCUT2D eigenvalue weighted by Crippen LogP contribution is -2.58. The van der Waals surface area contributed by atoms with Crippen LogP contribution in [0.3, 0.4) is 0 Å². The van der Waals surface area contributed by atoms with Crippen molar-refractivity contribution in [3.63, 3.8) is 0 Å². The zero-order valence-corrected chi connectivity index (χ0v) is 22.9. The van der Waals surface area contributed by atoms with Gasteiger partial charge in [-0.15, -0.1) is 0 Å². The second-order valence-corrected chi connectivity index (χ2v) is 9.48. The Bertz CT molecular complexity index is 1220. The second kappa shape index (κ2) is 17.0. The maximum atomic E-state index is 13.5. The van der Waals surface area contributed by atoms with Gasteiger partial charge in [0.1, 0.15) is 18.1 Å². The molecule has 1 aromatic heterocycles. The molecular formula is C26H37N9O7. The van der Waals surface area contributed by atoms with Crippen molar-refractivity contribution in [1.82, 2.24) is 25.9 Å². The first-order chi connectivity index (χ1) is 20.0. The molecule has 4 atom stereocenters. The number of aliphatic imine (C=N–C) groups is 1. The molecule has 3 amide bonds. The first kappa shape index (κ1) is 33.2. The lowest BCUT2D eigenvalue weighted by Gasteiger charge is -2.25. The fourth-order valence-corrected chi connectivity index (χ4v) is 3.88. The lowest BCUT2D eigenvalue weighted by molar-refractivity contribution is -0.143. The fourth-order valence-electron chi connectivity index (χ4n) is 3.88. The Morgan fingerprint density at radius 3 is 2.07 bits per heavy atom. The van der Waals surface area contributed by atoms with Crippen LogP contribution in [0, 0.1) is 0 Å². The first-order valence-corrected chi connectivity index (χ1v) is 13.1. The molecule has 0 aliphatic heterocycles. The number of amides is 3. The van der Waals surface area contributed by atoms with Gasteiger partial charge in [0, 0.05) is 37.7 Å². The quantitative estimate of drug-likeness (QED) is 0.0521. The standard InChI is InChI=1S/C26H37N9O7/c27-17(7-4-10-31-26(28)29)22(38)34-20(12-16-13-30-14-32-16)24(40)35-19(11-15-5-2-1-3-6-15)23(39)33-18(25(41)42)8-9-21(36)37/h1-3,5-6,13-14,17-20H,4,7-12,27H2,(H,30,32)(H,33,39)(H,34,38)(H,35,40)(H,36,37)(H,41,42)(H4,28,29,31). The molecule has 0 saturated carbocycles. The number of nitrogens with two attached hydrogens (primary N) is 3. The molecule has 0 fully saturated rings. The summed E-state index contributed by atoms with van der Waals surface area (Å²) in [6, 6.07) is 3.74. The van der Waals surface area contributed by atoms with E-state index in [0.717, 1.165) is 0 Å². The molecule has 2 rings (SSSR count). The van der Waals surface area contributed by atoms with Gasteiger partial charge in [-0.2, -0.15) is 0 Å². The van der Waals surface area contributed by atoms with Crippen LogP contribution in [0.1, 0.15) is 36.9 Å². The van der Waals surface area contributed by atoms with E-state index >= 15 is 0 Å². The maximum Gasteiger partial charge on any atom is 0.326 e. The van der Waals surface area contributed by atoms with Crippen LogP contribution in [0.2, 0.25) is 0 Å². The number of aliphatic carboxylic acids is 2. The van der Waals surface area contributed by atoms with Crippen LogP contribution >= 0.6 is 0 Å². The van der Waals surface area contributed by atoms with Crippen molar-refractivity contribution in [3.05, 3.63) is 54.1 Å². The van der Waals surface area contributed by atoms with Crippen LogP contribution in [0.25, 0.3) is 0 Å². The van der Waals surface area contributed by atoms with E-state index in [1.807, 2.05) is 0 Å². The van der Waals surface area contributed by atoms with Crippen LogP contribution < -0.4 is 33.2 Å². The normalized spacial score (nSPS) is 13.5. The molecule has 0 aliphatic rings. The SMILES string of the molecule is NC(N)=NCCCC(N)C(=O)NC(Cc1cnc[nH]1)C(=O)NC(Cc1ccccc1)C(=O)NC(CCC(=O)O)C(=O)O. The van der Waals surface area contributed by atoms with E-state index in [2.05, 4.69) is 30.9 Å². The summed E-state index contributed by atoms with van der Waals surface area (Å²) in [5.41, 5.74) is 17.8. The summed E-state index contributed by atoms with van der Waals surface area (Å²) in [7, 11) is 0. The molecule has 0 spiro atoms. The summed E-state index contributed by atoms with van der Waals surface area (Å²) < 4.78 is 0. The number of H-pyrrole nitrogens is 1. The molecule has 0 bridgehead atoms. The number of hydrogen-bond acceptors (Lipinski definition) is 8. The number of aromatic nitrogens is 2. The number of nitrogens with zero attached hydrogens (tertiary/aromatic N) is 2. The topological polar surface area (TPSA) is 281 Å². The molecule has 228 valence electrons. The van der Waals surface area contributed by atoms with E-state index in [4.69, 9.17) is 22.3 Å². The molecule has 4 unspecified atom stereocenters. The minimum atomic E-state index is -1.50. The minimum Gasteiger partial charge on any atom is -0.481 e. The fraction of sp³-hybridized carbons (Fsp3) is 0.423. The largest absolute Gasteiger partial charge is 0.481 e. The van der Waals surface area contributed by atoms with Gasteiger partial charge in [0.05, 0.1) is 12.4 Å². The molecule has 0 aliphatic carbocycles. The zero-order chi connectivity index (χ0) is 31.1. The smallest absolute Gasteiger partial charge is 0.326 e. The van der Waals surface area contributed by atoms with Crippen molar-refractivity contribution >= 4 is 35.6 Å². The van der Waals surface area contributed by atoms with Crippen molar-refractivity contribution in [1.29, 1.82) is 0 Å². The van der Waals surface area contributed by atoms with E-state index in [1.54, 1.807) is 30.3 Å². The Morgan fingerprint density at radius 1 is 0.881 bits per heavy atom. The van der Waals surface area contributed by atoms with Gasteiger partial charge in [-0.25, -0.2) is 9.78 Å². The monoisotopic (exact) mass is 587 g/mol. The highest BCUT2D eigenvalue weighted by atomic mass is 16.4. The number of carbonyl (C=O) groups is 5. The van der Waals surface area contributed by atoms with Gasteiger partial charge in [0.25, 0.3) is 0 Å². The highest BCUT2D eigenvalue weighted by Crippen LogP contribution is 2.08. The highest BCUT2D eigenvalue weighted by Gasteiger charge is 2.31. The van der Waals surface area contributed by atoms with Gasteiger partial charge >= 0.3 is 11.9 Å². The summed E-state index contributed by atoms with van der Waals surface area (Å²) in [6.07, 6.45) is 2.63. The lowest BCUT2D eigenvalue weighted by atomic mass is 10.0. The van der Waals surface area contributed by atoms with Gasteiger partial charge in [-0.3, -0.25) is 24.2 Å². The molecular weight excluding hydrogens is 550 g/mol. The second-order valence-electron chi connectivity index (χ2n) is 9.48. The molecule has 16 nitrogen and oxygen atoms in total. The number of rotatable bonds is 18. The Kier molecular flexibility index (Phi) is 13.4. The van der Waals surface area contributed by atoms with Crippen LogP contribution in [-0.2, 0) is 36.8 Å². The predicted octanol–water partition coefficient (Wildman–Crippen LogP) is -2.02. The first-order valence-electron chi connectivity index (χ1n) is 13.1. The van der Waals surface area contributed by atoms with Crippen LogP contribution in [0.5, 0.6) is 0 Å². The molecule has 1 heterocycles. The minimum absolute atomic E-state index is 0.0152. The van der Waals surface area contributed by atoms with E-state index in [0.29, 0.717) is 17.7 Å². The van der Waals surface area contributed by atoms with Gasteiger partial charge in [-0.05, 0) is 24.8 Å². The number of guanidine groups is 1. The Hall–Kier alpha value is -4.99. The van der Waals surface area contributed by atoms with Gasteiger partial charge in [0.15, 0.2) is 5.96 Å².